The van der Waals surface area contributed by atoms with Gasteiger partial charge in [0.2, 0.25) is 0 Å². The zero-order valence-electron chi connectivity index (χ0n) is 18.6. The number of hydrogen-bond donors (Lipinski definition) is 4. The van der Waals surface area contributed by atoms with E-state index >= 15 is 0 Å². The van der Waals surface area contributed by atoms with Gasteiger partial charge in [-0.1, -0.05) is 47.7 Å². The molecular weight excluding hydrogens is 454 g/mol. The van der Waals surface area contributed by atoms with Crippen molar-refractivity contribution < 1.29 is 25.2 Å². The highest BCUT2D eigenvalue weighted by Crippen LogP contribution is 2.34. The maximum atomic E-state index is 10.4. The molecule has 176 valence electrons. The molecule has 2 aromatic carbocycles. The van der Waals surface area contributed by atoms with Crippen LogP contribution in [0.5, 0.6) is 0 Å². The third-order valence-electron chi connectivity index (χ3n) is 5.99. The van der Waals surface area contributed by atoms with Gasteiger partial charge in [-0.2, -0.15) is 0 Å². The molecule has 0 spiro atoms. The number of pyridine rings is 1. The molecule has 34 heavy (non-hydrogen) atoms. The predicted molar refractivity (Wildman–Crippen MR) is 128 cm³/mol. The summed E-state index contributed by atoms with van der Waals surface area (Å²) in [6.45, 7) is 1.45. The summed E-state index contributed by atoms with van der Waals surface area (Å²) in [5, 5.41) is 40.6. The monoisotopic (exact) mass is 479 g/mol. The van der Waals surface area contributed by atoms with E-state index in [0.717, 1.165) is 27.9 Å². The van der Waals surface area contributed by atoms with E-state index in [0.29, 0.717) is 17.0 Å². The molecule has 7 heteroatoms. The van der Waals surface area contributed by atoms with Gasteiger partial charge in [0.15, 0.2) is 0 Å². The number of benzene rings is 2. The number of rotatable bonds is 4. The zero-order valence-corrected chi connectivity index (χ0v) is 19.4. The van der Waals surface area contributed by atoms with Crippen LogP contribution in [0.15, 0.2) is 60.8 Å². The van der Waals surface area contributed by atoms with Crippen LogP contribution in [-0.2, 0) is 11.2 Å². The molecule has 0 aliphatic carbocycles. The summed E-state index contributed by atoms with van der Waals surface area (Å²) in [4.78, 5) is 4.24. The third kappa shape index (κ3) is 5.31. The van der Waals surface area contributed by atoms with Gasteiger partial charge in [0.1, 0.15) is 30.5 Å². The van der Waals surface area contributed by atoms with E-state index in [1.807, 2.05) is 49.4 Å². The summed E-state index contributed by atoms with van der Waals surface area (Å²) in [6, 6.07) is 16.9. The number of aryl methyl sites for hydroxylation is 1. The first-order chi connectivity index (χ1) is 16.4. The van der Waals surface area contributed by atoms with Crippen molar-refractivity contribution in [2.24, 2.45) is 0 Å². The fraction of sp³-hybridized carbons (Fsp3) is 0.296. The van der Waals surface area contributed by atoms with E-state index in [4.69, 9.17) is 16.3 Å². The fourth-order valence-corrected chi connectivity index (χ4v) is 4.15. The second-order valence-electron chi connectivity index (χ2n) is 8.36. The second kappa shape index (κ2) is 10.7. The molecule has 1 unspecified atom stereocenters. The highest BCUT2D eigenvalue weighted by Gasteiger charge is 2.44. The van der Waals surface area contributed by atoms with Crippen molar-refractivity contribution >= 4 is 11.6 Å². The van der Waals surface area contributed by atoms with Crippen LogP contribution < -0.4 is 0 Å². The topological polar surface area (TPSA) is 103 Å². The van der Waals surface area contributed by atoms with Crippen molar-refractivity contribution in [1.29, 1.82) is 0 Å². The number of aliphatic hydroxyl groups is 4. The SMILES string of the molecule is Cc1ncccc1C#Cc1ccc(Cc2cc([C@@H]3O[C@H](CO)[C@@H](O)C(O)[C@H]3O)ccc2Cl)cc1. The largest absolute Gasteiger partial charge is 0.394 e. The summed E-state index contributed by atoms with van der Waals surface area (Å²) in [7, 11) is 0. The smallest absolute Gasteiger partial charge is 0.113 e. The summed E-state index contributed by atoms with van der Waals surface area (Å²) >= 11 is 6.43. The molecule has 4 rings (SSSR count). The Morgan fingerprint density at radius 3 is 2.44 bits per heavy atom. The molecule has 2 heterocycles. The summed E-state index contributed by atoms with van der Waals surface area (Å²) in [6.07, 6.45) is -3.75. The van der Waals surface area contributed by atoms with Gasteiger partial charge in [0.25, 0.3) is 0 Å². The number of nitrogens with zero attached hydrogens (tertiary/aromatic N) is 1. The van der Waals surface area contributed by atoms with Crippen LogP contribution in [0.4, 0.5) is 0 Å². The van der Waals surface area contributed by atoms with Gasteiger partial charge < -0.3 is 25.2 Å². The van der Waals surface area contributed by atoms with Gasteiger partial charge >= 0.3 is 0 Å². The van der Waals surface area contributed by atoms with Gasteiger partial charge in [0, 0.05) is 22.3 Å². The van der Waals surface area contributed by atoms with E-state index < -0.39 is 37.1 Å². The lowest BCUT2D eigenvalue weighted by atomic mass is 9.90. The lowest BCUT2D eigenvalue weighted by Crippen LogP contribution is -2.55. The molecular formula is C27H26ClNO5. The predicted octanol–water partition coefficient (Wildman–Crippen LogP) is 2.55. The van der Waals surface area contributed by atoms with E-state index in [9.17, 15) is 20.4 Å². The first kappa shape index (κ1) is 24.4. The normalized spacial score (nSPS) is 24.4. The molecule has 1 aromatic heterocycles. The Morgan fingerprint density at radius 1 is 0.971 bits per heavy atom. The van der Waals surface area contributed by atoms with Crippen molar-refractivity contribution in [3.8, 4) is 11.8 Å². The van der Waals surface area contributed by atoms with Crippen molar-refractivity contribution in [2.45, 2.75) is 43.9 Å². The fourth-order valence-electron chi connectivity index (χ4n) is 3.97. The highest BCUT2D eigenvalue weighted by atomic mass is 35.5. The quantitative estimate of drug-likeness (QED) is 0.429. The number of ether oxygens (including phenoxy) is 1. The number of aliphatic hydroxyl groups excluding tert-OH is 4. The number of aromatic nitrogens is 1. The van der Waals surface area contributed by atoms with Gasteiger partial charge in [-0.15, -0.1) is 0 Å². The Balaban J connectivity index is 1.51. The van der Waals surface area contributed by atoms with Gasteiger partial charge in [-0.3, -0.25) is 4.98 Å². The maximum absolute atomic E-state index is 10.4. The minimum atomic E-state index is -1.43. The van der Waals surface area contributed by atoms with Crippen molar-refractivity contribution in [3.05, 3.63) is 99.3 Å². The average molecular weight is 480 g/mol. The van der Waals surface area contributed by atoms with Crippen LogP contribution in [0, 0.1) is 18.8 Å². The minimum Gasteiger partial charge on any atom is -0.394 e. The zero-order chi connectivity index (χ0) is 24.2. The average Bonchev–Trinajstić information content (AvgIpc) is 2.85. The standard InChI is InChI=1S/C27H26ClNO5/c1-16-19(3-2-12-29-16)9-8-17-4-6-18(7-5-17)13-21-14-20(10-11-22(21)28)27-26(33)25(32)24(31)23(15-30)34-27/h2-7,10-12,14,23-27,30-33H,13,15H2,1H3/t23-,24-,25?,26-,27+/m1/s1. The Kier molecular flexibility index (Phi) is 7.64. The van der Waals surface area contributed by atoms with Crippen LogP contribution in [-0.4, -0.2) is 56.4 Å². The van der Waals surface area contributed by atoms with E-state index in [1.165, 1.54) is 0 Å². The molecule has 1 saturated heterocycles. The number of hydrogen-bond acceptors (Lipinski definition) is 6. The first-order valence-corrected chi connectivity index (χ1v) is 11.4. The molecule has 4 N–H and O–H groups in total. The third-order valence-corrected chi connectivity index (χ3v) is 6.36. The minimum absolute atomic E-state index is 0.475. The molecule has 1 aliphatic heterocycles. The van der Waals surface area contributed by atoms with Crippen LogP contribution in [0.1, 0.15) is 39.6 Å². The van der Waals surface area contributed by atoms with Crippen molar-refractivity contribution in [1.82, 2.24) is 4.98 Å². The van der Waals surface area contributed by atoms with Gasteiger partial charge in [0.05, 0.1) is 12.3 Å². The van der Waals surface area contributed by atoms with Crippen molar-refractivity contribution in [2.75, 3.05) is 6.61 Å². The Labute approximate surface area is 203 Å². The molecule has 1 fully saturated rings. The van der Waals surface area contributed by atoms with Crippen LogP contribution >= 0.6 is 11.6 Å². The summed E-state index contributed by atoms with van der Waals surface area (Å²) in [5.74, 6) is 6.30. The Hall–Kier alpha value is -2.76. The lowest BCUT2D eigenvalue weighted by molar-refractivity contribution is -0.231. The van der Waals surface area contributed by atoms with Gasteiger partial charge in [-0.25, -0.2) is 0 Å². The summed E-state index contributed by atoms with van der Waals surface area (Å²) in [5.41, 5.74) is 5.11. The molecule has 1 aliphatic rings. The molecule has 6 nitrogen and oxygen atoms in total. The Morgan fingerprint density at radius 2 is 1.74 bits per heavy atom. The molecule has 0 radical (unpaired) electrons. The van der Waals surface area contributed by atoms with E-state index in [2.05, 4.69) is 16.8 Å². The molecule has 5 atom stereocenters. The Bertz CT molecular complexity index is 1200. The molecule has 0 amide bonds. The van der Waals surface area contributed by atoms with Crippen LogP contribution in [0.2, 0.25) is 5.02 Å². The molecule has 3 aromatic rings. The van der Waals surface area contributed by atoms with Crippen LogP contribution in [0.25, 0.3) is 0 Å². The van der Waals surface area contributed by atoms with Crippen molar-refractivity contribution in [3.63, 3.8) is 0 Å². The highest BCUT2D eigenvalue weighted by molar-refractivity contribution is 6.31. The van der Waals surface area contributed by atoms with E-state index in [-0.39, 0.29) is 0 Å². The lowest BCUT2D eigenvalue weighted by Gasteiger charge is -2.40. The molecule has 0 bridgehead atoms. The molecule has 0 saturated carbocycles. The maximum Gasteiger partial charge on any atom is 0.113 e. The first-order valence-electron chi connectivity index (χ1n) is 11.0. The number of halogens is 1. The van der Waals surface area contributed by atoms with Crippen LogP contribution in [0.3, 0.4) is 0 Å². The second-order valence-corrected chi connectivity index (χ2v) is 8.77. The summed E-state index contributed by atoms with van der Waals surface area (Å²) < 4.78 is 5.68. The van der Waals surface area contributed by atoms with E-state index in [1.54, 1.807) is 18.3 Å². The van der Waals surface area contributed by atoms with Gasteiger partial charge in [-0.05, 0) is 60.4 Å².